The number of piperidine rings is 1. The highest BCUT2D eigenvalue weighted by atomic mass is 32.2. The standard InChI is InChI=1S/C26H35NO2S/c28-30(29,25-11-5-2-6-12-25)26(17-7-18-26)19-8-20-27-21-15-24(16-22-27)14-13-23-9-3-1-4-10-23/h1-6,9-12,24H,7-8,13-22H2. The normalized spacial score (nSPS) is 20.0. The minimum atomic E-state index is -3.23. The highest BCUT2D eigenvalue weighted by Crippen LogP contribution is 2.46. The summed E-state index contributed by atoms with van der Waals surface area (Å²) in [6, 6.07) is 19.9. The molecule has 4 rings (SSSR count). The van der Waals surface area contributed by atoms with Crippen molar-refractivity contribution >= 4 is 9.84 Å². The Hall–Kier alpha value is -1.65. The van der Waals surface area contributed by atoms with Gasteiger partial charge in [-0.05, 0) is 94.6 Å². The van der Waals surface area contributed by atoms with Crippen molar-refractivity contribution in [3.05, 3.63) is 66.2 Å². The van der Waals surface area contributed by atoms with Gasteiger partial charge in [-0.25, -0.2) is 8.42 Å². The first kappa shape index (κ1) is 21.6. The molecule has 1 saturated heterocycles. The van der Waals surface area contributed by atoms with Crippen LogP contribution in [-0.2, 0) is 16.3 Å². The molecule has 1 aliphatic carbocycles. The van der Waals surface area contributed by atoms with Gasteiger partial charge < -0.3 is 4.90 Å². The van der Waals surface area contributed by atoms with Crippen LogP contribution in [0.2, 0.25) is 0 Å². The molecule has 2 aliphatic rings. The molecule has 0 bridgehead atoms. The fraction of sp³-hybridized carbons (Fsp3) is 0.538. The first-order valence-electron chi connectivity index (χ1n) is 11.7. The molecule has 0 N–H and O–H groups in total. The fourth-order valence-electron chi connectivity index (χ4n) is 5.21. The summed E-state index contributed by atoms with van der Waals surface area (Å²) in [5.41, 5.74) is 1.45. The van der Waals surface area contributed by atoms with E-state index in [4.69, 9.17) is 0 Å². The lowest BCUT2D eigenvalue weighted by Gasteiger charge is -2.42. The Morgan fingerprint density at radius 2 is 1.53 bits per heavy atom. The lowest BCUT2D eigenvalue weighted by atomic mass is 9.80. The second-order valence-corrected chi connectivity index (χ2v) is 11.6. The van der Waals surface area contributed by atoms with Crippen LogP contribution < -0.4 is 0 Å². The predicted molar refractivity (Wildman–Crippen MR) is 123 cm³/mol. The van der Waals surface area contributed by atoms with Crippen molar-refractivity contribution in [1.82, 2.24) is 4.90 Å². The largest absolute Gasteiger partial charge is 0.303 e. The van der Waals surface area contributed by atoms with Gasteiger partial charge in [-0.15, -0.1) is 0 Å². The molecule has 0 unspecified atom stereocenters. The molecule has 162 valence electrons. The third-order valence-corrected chi connectivity index (χ3v) is 10.0. The average molecular weight is 426 g/mol. The molecule has 1 heterocycles. The maximum Gasteiger partial charge on any atom is 0.184 e. The summed E-state index contributed by atoms with van der Waals surface area (Å²) in [7, 11) is -3.23. The van der Waals surface area contributed by atoms with E-state index in [-0.39, 0.29) is 0 Å². The van der Waals surface area contributed by atoms with E-state index in [1.807, 2.05) is 18.2 Å². The summed E-state index contributed by atoms with van der Waals surface area (Å²) in [5, 5.41) is 0. The molecule has 0 radical (unpaired) electrons. The second kappa shape index (κ2) is 9.65. The molecule has 0 aromatic heterocycles. The van der Waals surface area contributed by atoms with Gasteiger partial charge in [0.2, 0.25) is 0 Å². The predicted octanol–water partition coefficient (Wildman–Crippen LogP) is 5.51. The number of aryl methyl sites for hydroxylation is 1. The molecule has 4 heteroatoms. The number of benzene rings is 2. The topological polar surface area (TPSA) is 37.4 Å². The molecule has 3 nitrogen and oxygen atoms in total. The van der Waals surface area contributed by atoms with Crippen molar-refractivity contribution in [2.75, 3.05) is 19.6 Å². The minimum Gasteiger partial charge on any atom is -0.303 e. The van der Waals surface area contributed by atoms with Crippen LogP contribution in [0.1, 0.15) is 56.9 Å². The third-order valence-electron chi connectivity index (χ3n) is 7.39. The monoisotopic (exact) mass is 425 g/mol. The number of likely N-dealkylation sites (tertiary alicyclic amines) is 1. The lowest BCUT2D eigenvalue weighted by molar-refractivity contribution is 0.171. The third kappa shape index (κ3) is 4.81. The number of rotatable bonds is 9. The van der Waals surface area contributed by atoms with Crippen molar-refractivity contribution in [2.24, 2.45) is 5.92 Å². The SMILES string of the molecule is O=S(=O)(c1ccccc1)C1(CCCN2CCC(CCc3ccccc3)CC2)CCC1. The smallest absolute Gasteiger partial charge is 0.184 e. The van der Waals surface area contributed by atoms with Crippen LogP contribution in [0, 0.1) is 5.92 Å². The van der Waals surface area contributed by atoms with E-state index in [0.29, 0.717) is 4.90 Å². The Labute approximate surface area is 182 Å². The zero-order chi connectivity index (χ0) is 20.9. The van der Waals surface area contributed by atoms with Gasteiger partial charge in [0.15, 0.2) is 9.84 Å². The van der Waals surface area contributed by atoms with Crippen molar-refractivity contribution in [2.45, 2.75) is 67.4 Å². The second-order valence-electron chi connectivity index (χ2n) is 9.27. The van der Waals surface area contributed by atoms with Crippen molar-refractivity contribution < 1.29 is 8.42 Å². The highest BCUT2D eigenvalue weighted by Gasteiger charge is 2.48. The van der Waals surface area contributed by atoms with Gasteiger partial charge in [-0.2, -0.15) is 0 Å². The fourth-order valence-corrected chi connectivity index (χ4v) is 7.47. The van der Waals surface area contributed by atoms with E-state index in [0.717, 1.165) is 57.7 Å². The summed E-state index contributed by atoms with van der Waals surface area (Å²) in [5.74, 6) is 0.831. The molecule has 0 amide bonds. The molecule has 2 aromatic carbocycles. The number of sulfone groups is 1. The van der Waals surface area contributed by atoms with Gasteiger partial charge in [0.05, 0.1) is 9.64 Å². The summed E-state index contributed by atoms with van der Waals surface area (Å²) < 4.78 is 26.0. The summed E-state index contributed by atoms with van der Waals surface area (Å²) in [6.45, 7) is 3.37. The Morgan fingerprint density at radius 3 is 2.13 bits per heavy atom. The first-order chi connectivity index (χ1) is 14.6. The van der Waals surface area contributed by atoms with Gasteiger partial charge in [-0.3, -0.25) is 0 Å². The molecule has 1 aliphatic heterocycles. The van der Waals surface area contributed by atoms with E-state index >= 15 is 0 Å². The van der Waals surface area contributed by atoms with Crippen molar-refractivity contribution in [1.29, 1.82) is 0 Å². The average Bonchev–Trinajstić information content (AvgIpc) is 2.76. The summed E-state index contributed by atoms with van der Waals surface area (Å²) >= 11 is 0. The Balaban J connectivity index is 1.22. The number of hydrogen-bond acceptors (Lipinski definition) is 3. The van der Waals surface area contributed by atoms with E-state index in [1.54, 1.807) is 12.1 Å². The molecule has 30 heavy (non-hydrogen) atoms. The minimum absolute atomic E-state index is 0.504. The number of hydrogen-bond donors (Lipinski definition) is 0. The van der Waals surface area contributed by atoms with Crippen molar-refractivity contribution in [3.8, 4) is 0 Å². The van der Waals surface area contributed by atoms with E-state index < -0.39 is 14.6 Å². The van der Waals surface area contributed by atoms with Gasteiger partial charge >= 0.3 is 0 Å². The summed E-state index contributed by atoms with van der Waals surface area (Å²) in [4.78, 5) is 3.06. The van der Waals surface area contributed by atoms with Gasteiger partial charge in [0.1, 0.15) is 0 Å². The lowest BCUT2D eigenvalue weighted by Crippen LogP contribution is -2.46. The summed E-state index contributed by atoms with van der Waals surface area (Å²) in [6.07, 6.45) is 9.51. The zero-order valence-corrected chi connectivity index (χ0v) is 18.8. The molecule has 0 atom stereocenters. The Kier molecular flexibility index (Phi) is 6.94. The van der Waals surface area contributed by atoms with Crippen LogP contribution in [0.15, 0.2) is 65.6 Å². The Morgan fingerprint density at radius 1 is 0.900 bits per heavy atom. The molecular formula is C26H35NO2S. The highest BCUT2D eigenvalue weighted by molar-refractivity contribution is 7.93. The number of nitrogens with zero attached hydrogens (tertiary/aromatic N) is 1. The Bertz CT molecular complexity index is 883. The van der Waals surface area contributed by atoms with E-state index in [2.05, 4.69) is 35.2 Å². The quantitative estimate of drug-likeness (QED) is 0.532. The van der Waals surface area contributed by atoms with Crippen molar-refractivity contribution in [3.63, 3.8) is 0 Å². The van der Waals surface area contributed by atoms with Crippen LogP contribution in [0.4, 0.5) is 0 Å². The van der Waals surface area contributed by atoms with E-state index in [1.165, 1.54) is 31.2 Å². The molecule has 2 fully saturated rings. The maximum absolute atomic E-state index is 13.2. The molecular weight excluding hydrogens is 390 g/mol. The first-order valence-corrected chi connectivity index (χ1v) is 13.1. The van der Waals surface area contributed by atoms with Crippen LogP contribution in [0.3, 0.4) is 0 Å². The van der Waals surface area contributed by atoms with Gasteiger partial charge in [-0.1, -0.05) is 55.0 Å². The van der Waals surface area contributed by atoms with Crippen LogP contribution in [-0.4, -0.2) is 37.7 Å². The van der Waals surface area contributed by atoms with E-state index in [9.17, 15) is 8.42 Å². The van der Waals surface area contributed by atoms with Crippen LogP contribution >= 0.6 is 0 Å². The molecule has 1 saturated carbocycles. The molecule has 0 spiro atoms. The van der Waals surface area contributed by atoms with Gasteiger partial charge in [0, 0.05) is 0 Å². The van der Waals surface area contributed by atoms with Crippen LogP contribution in [0.25, 0.3) is 0 Å². The maximum atomic E-state index is 13.2. The molecule has 2 aromatic rings. The zero-order valence-electron chi connectivity index (χ0n) is 18.0. The van der Waals surface area contributed by atoms with Gasteiger partial charge in [0.25, 0.3) is 0 Å². The van der Waals surface area contributed by atoms with Crippen LogP contribution in [0.5, 0.6) is 0 Å².